The van der Waals surface area contributed by atoms with Gasteiger partial charge in [-0.3, -0.25) is 5.10 Å². The van der Waals surface area contributed by atoms with Gasteiger partial charge in [0.2, 0.25) is 0 Å². The lowest BCUT2D eigenvalue weighted by atomic mass is 10.2. The molecule has 2 aromatic heterocycles. The molecule has 0 aliphatic rings. The maximum Gasteiger partial charge on any atom is 0.358 e. The van der Waals surface area contributed by atoms with Crippen LogP contribution in [0.2, 0.25) is 0 Å². The number of ether oxygens (including phenoxy) is 1. The van der Waals surface area contributed by atoms with E-state index in [0.717, 1.165) is 33.3 Å². The molecule has 5 nitrogen and oxygen atoms in total. The first-order chi connectivity index (χ1) is 11.2. The summed E-state index contributed by atoms with van der Waals surface area (Å²) < 4.78 is 4.97. The van der Waals surface area contributed by atoms with Crippen LogP contribution in [0.1, 0.15) is 30.0 Å². The SMILES string of the molecule is CCOC(=O)c1cc(-c2sc(-c3ccccc3)nc2CC)[nH]n1. The molecule has 0 aliphatic carbocycles. The summed E-state index contributed by atoms with van der Waals surface area (Å²) >= 11 is 1.59. The van der Waals surface area contributed by atoms with Gasteiger partial charge < -0.3 is 4.74 Å². The number of aromatic nitrogens is 3. The van der Waals surface area contributed by atoms with E-state index in [0.29, 0.717) is 12.3 Å². The third kappa shape index (κ3) is 3.17. The van der Waals surface area contributed by atoms with Crippen LogP contribution < -0.4 is 0 Å². The molecule has 0 spiro atoms. The molecule has 118 valence electrons. The van der Waals surface area contributed by atoms with Crippen LogP contribution in [0.25, 0.3) is 21.1 Å². The molecule has 0 amide bonds. The summed E-state index contributed by atoms with van der Waals surface area (Å²) in [7, 11) is 0. The summed E-state index contributed by atoms with van der Waals surface area (Å²) in [5, 5.41) is 7.93. The Balaban J connectivity index is 1.97. The Morgan fingerprint density at radius 1 is 1.26 bits per heavy atom. The van der Waals surface area contributed by atoms with Crippen molar-refractivity contribution in [3.8, 4) is 21.1 Å². The van der Waals surface area contributed by atoms with Crippen molar-refractivity contribution in [3.05, 3.63) is 47.8 Å². The van der Waals surface area contributed by atoms with Crippen LogP contribution in [0.5, 0.6) is 0 Å². The average Bonchev–Trinajstić information content (AvgIpc) is 3.22. The van der Waals surface area contributed by atoms with Gasteiger partial charge in [0.05, 0.1) is 22.9 Å². The fourth-order valence-corrected chi connectivity index (χ4v) is 3.38. The van der Waals surface area contributed by atoms with Crippen LogP contribution in [-0.2, 0) is 11.2 Å². The minimum absolute atomic E-state index is 0.290. The molecule has 0 aliphatic heterocycles. The summed E-state index contributed by atoms with van der Waals surface area (Å²) in [5.41, 5.74) is 3.17. The third-order valence-corrected chi connectivity index (χ3v) is 4.54. The lowest BCUT2D eigenvalue weighted by molar-refractivity contribution is 0.0519. The van der Waals surface area contributed by atoms with Crippen LogP contribution in [0, 0.1) is 0 Å². The van der Waals surface area contributed by atoms with E-state index in [4.69, 9.17) is 9.72 Å². The van der Waals surface area contributed by atoms with Gasteiger partial charge in [0.15, 0.2) is 5.69 Å². The lowest BCUT2D eigenvalue weighted by Crippen LogP contribution is -2.04. The second-order valence-electron chi connectivity index (χ2n) is 4.90. The van der Waals surface area contributed by atoms with Crippen LogP contribution in [0.15, 0.2) is 36.4 Å². The number of hydrogen-bond donors (Lipinski definition) is 1. The number of rotatable bonds is 5. The summed E-state index contributed by atoms with van der Waals surface area (Å²) in [6.45, 7) is 4.17. The van der Waals surface area contributed by atoms with Crippen molar-refractivity contribution < 1.29 is 9.53 Å². The first-order valence-electron chi connectivity index (χ1n) is 7.51. The van der Waals surface area contributed by atoms with Crippen molar-refractivity contribution in [1.29, 1.82) is 0 Å². The van der Waals surface area contributed by atoms with E-state index >= 15 is 0 Å². The Morgan fingerprint density at radius 3 is 2.74 bits per heavy atom. The van der Waals surface area contributed by atoms with Crippen molar-refractivity contribution >= 4 is 17.3 Å². The number of nitrogens with one attached hydrogen (secondary N) is 1. The number of benzene rings is 1. The van der Waals surface area contributed by atoms with Gasteiger partial charge in [-0.1, -0.05) is 37.3 Å². The van der Waals surface area contributed by atoms with Crippen LogP contribution >= 0.6 is 11.3 Å². The number of aromatic amines is 1. The number of hydrogen-bond acceptors (Lipinski definition) is 5. The van der Waals surface area contributed by atoms with Crippen molar-refractivity contribution in [1.82, 2.24) is 15.2 Å². The molecule has 1 aromatic carbocycles. The molecular weight excluding hydrogens is 310 g/mol. The number of nitrogens with zero attached hydrogens (tertiary/aromatic N) is 2. The van der Waals surface area contributed by atoms with Gasteiger partial charge in [0.25, 0.3) is 0 Å². The zero-order valence-corrected chi connectivity index (χ0v) is 13.8. The van der Waals surface area contributed by atoms with E-state index in [1.54, 1.807) is 24.3 Å². The molecule has 1 N–H and O–H groups in total. The zero-order valence-electron chi connectivity index (χ0n) is 13.0. The molecule has 3 aromatic rings. The second kappa shape index (κ2) is 6.75. The average molecular weight is 327 g/mol. The number of carbonyl (C=O) groups excluding carboxylic acids is 1. The predicted octanol–water partition coefficient (Wildman–Crippen LogP) is 3.94. The van der Waals surface area contributed by atoms with Crippen LogP contribution in [0.4, 0.5) is 0 Å². The van der Waals surface area contributed by atoms with Crippen molar-refractivity contribution in [2.45, 2.75) is 20.3 Å². The highest BCUT2D eigenvalue weighted by atomic mass is 32.1. The van der Waals surface area contributed by atoms with Gasteiger partial charge in [0, 0.05) is 5.56 Å². The second-order valence-corrected chi connectivity index (χ2v) is 5.90. The molecule has 6 heteroatoms. The standard InChI is InChI=1S/C17H17N3O2S/c1-3-12-15(13-10-14(20-19-13)17(21)22-4-2)23-16(18-12)11-8-6-5-7-9-11/h5-10H,3-4H2,1-2H3,(H,19,20). The molecule has 0 radical (unpaired) electrons. The first kappa shape index (κ1) is 15.4. The number of H-pyrrole nitrogens is 1. The number of esters is 1. The molecule has 3 rings (SSSR count). The highest BCUT2D eigenvalue weighted by Gasteiger charge is 2.17. The Hall–Kier alpha value is -2.47. The van der Waals surface area contributed by atoms with E-state index in [2.05, 4.69) is 17.1 Å². The fraction of sp³-hybridized carbons (Fsp3) is 0.235. The van der Waals surface area contributed by atoms with Gasteiger partial charge in [-0.15, -0.1) is 11.3 Å². The first-order valence-corrected chi connectivity index (χ1v) is 8.32. The van der Waals surface area contributed by atoms with Gasteiger partial charge in [-0.2, -0.15) is 5.10 Å². The Morgan fingerprint density at radius 2 is 2.04 bits per heavy atom. The topological polar surface area (TPSA) is 67.9 Å². The van der Waals surface area contributed by atoms with Crippen molar-refractivity contribution in [2.24, 2.45) is 0 Å². The fourth-order valence-electron chi connectivity index (χ4n) is 2.25. The maximum absolute atomic E-state index is 11.8. The maximum atomic E-state index is 11.8. The normalized spacial score (nSPS) is 10.7. The summed E-state index contributed by atoms with van der Waals surface area (Å²) in [5.74, 6) is -0.416. The van der Waals surface area contributed by atoms with E-state index in [1.165, 1.54) is 0 Å². The van der Waals surface area contributed by atoms with Crippen LogP contribution in [-0.4, -0.2) is 27.8 Å². The van der Waals surface area contributed by atoms with Crippen molar-refractivity contribution in [2.75, 3.05) is 6.61 Å². The molecular formula is C17H17N3O2S. The zero-order chi connectivity index (χ0) is 16.2. The molecule has 0 atom stereocenters. The molecule has 0 saturated carbocycles. The summed E-state index contributed by atoms with van der Waals surface area (Å²) in [6, 6.07) is 11.8. The molecule has 0 unspecified atom stereocenters. The van der Waals surface area contributed by atoms with Gasteiger partial charge in [-0.25, -0.2) is 9.78 Å². The highest BCUT2D eigenvalue weighted by molar-refractivity contribution is 7.18. The minimum Gasteiger partial charge on any atom is -0.461 e. The Kier molecular flexibility index (Phi) is 4.52. The Bertz CT molecular complexity index is 808. The smallest absolute Gasteiger partial charge is 0.358 e. The van der Waals surface area contributed by atoms with E-state index in [9.17, 15) is 4.79 Å². The monoisotopic (exact) mass is 327 g/mol. The number of carbonyl (C=O) groups is 1. The van der Waals surface area contributed by atoms with Crippen LogP contribution in [0.3, 0.4) is 0 Å². The molecule has 0 bridgehead atoms. The van der Waals surface area contributed by atoms with E-state index in [1.807, 2.05) is 30.3 Å². The third-order valence-electron chi connectivity index (χ3n) is 3.36. The van der Waals surface area contributed by atoms with Gasteiger partial charge in [-0.05, 0) is 19.4 Å². The van der Waals surface area contributed by atoms with Gasteiger partial charge in [0.1, 0.15) is 5.01 Å². The molecule has 0 saturated heterocycles. The molecule has 0 fully saturated rings. The summed E-state index contributed by atoms with van der Waals surface area (Å²) in [6.07, 6.45) is 0.812. The van der Waals surface area contributed by atoms with E-state index < -0.39 is 5.97 Å². The van der Waals surface area contributed by atoms with E-state index in [-0.39, 0.29) is 0 Å². The number of thiazole rings is 1. The largest absolute Gasteiger partial charge is 0.461 e. The highest BCUT2D eigenvalue weighted by Crippen LogP contribution is 2.35. The quantitative estimate of drug-likeness (QED) is 0.721. The number of aryl methyl sites for hydroxylation is 1. The summed E-state index contributed by atoms with van der Waals surface area (Å²) in [4.78, 5) is 17.5. The van der Waals surface area contributed by atoms with Gasteiger partial charge >= 0.3 is 5.97 Å². The molecule has 2 heterocycles. The lowest BCUT2D eigenvalue weighted by Gasteiger charge is -1.95. The van der Waals surface area contributed by atoms with Crippen molar-refractivity contribution in [3.63, 3.8) is 0 Å². The molecule has 23 heavy (non-hydrogen) atoms. The minimum atomic E-state index is -0.416. The Labute approximate surface area is 138 Å². The predicted molar refractivity (Wildman–Crippen MR) is 90.5 cm³/mol.